The molecule has 0 spiro atoms. The summed E-state index contributed by atoms with van der Waals surface area (Å²) in [7, 11) is 0. The number of rotatable bonds is 4. The van der Waals surface area contributed by atoms with E-state index in [2.05, 4.69) is 25.6 Å². The third kappa shape index (κ3) is 4.15. The van der Waals surface area contributed by atoms with E-state index in [9.17, 15) is 9.18 Å². The van der Waals surface area contributed by atoms with E-state index in [1.165, 1.54) is 12.1 Å². The smallest absolute Gasteiger partial charge is 0.257 e. The van der Waals surface area contributed by atoms with Crippen LogP contribution in [0.2, 0.25) is 0 Å². The van der Waals surface area contributed by atoms with Gasteiger partial charge in [-0.25, -0.2) is 14.4 Å². The normalized spacial score (nSPS) is 13.1. The number of carbonyl (C=O) groups is 1. The number of hydrogen-bond donors (Lipinski definition) is 2. The van der Waals surface area contributed by atoms with E-state index in [-0.39, 0.29) is 11.7 Å². The monoisotopic (exact) mass is 363 g/mol. The Labute approximate surface area is 155 Å². The predicted molar refractivity (Wildman–Crippen MR) is 98.8 cm³/mol. The summed E-state index contributed by atoms with van der Waals surface area (Å²) >= 11 is 0. The van der Waals surface area contributed by atoms with Crippen molar-refractivity contribution in [2.75, 3.05) is 11.9 Å². The average Bonchev–Trinajstić information content (AvgIpc) is 2.71. The lowest BCUT2D eigenvalue weighted by molar-refractivity contribution is 0.102. The molecular weight excluding hydrogens is 345 g/mol. The van der Waals surface area contributed by atoms with Gasteiger partial charge in [0.2, 0.25) is 0 Å². The Bertz CT molecular complexity index is 957. The molecule has 0 radical (unpaired) electrons. The summed E-state index contributed by atoms with van der Waals surface area (Å²) in [4.78, 5) is 25.4. The summed E-state index contributed by atoms with van der Waals surface area (Å²) in [5.74, 6) is 0.0898. The van der Waals surface area contributed by atoms with Crippen LogP contribution in [0.4, 0.5) is 10.1 Å². The van der Waals surface area contributed by atoms with Crippen molar-refractivity contribution in [1.29, 1.82) is 0 Å². The largest absolute Gasteiger partial charge is 0.319 e. The maximum atomic E-state index is 13.0. The molecule has 0 saturated carbocycles. The number of amides is 1. The maximum absolute atomic E-state index is 13.0. The first-order chi connectivity index (χ1) is 13.2. The SMILES string of the molecule is O=C(Nc1cnc(Cc2ccc(F)cc2)nc1)c1cnc2c(c1)CCNC2. The number of carbonyl (C=O) groups excluding carboxylic acids is 1. The summed E-state index contributed by atoms with van der Waals surface area (Å²) in [5.41, 5.74) is 4.05. The zero-order valence-corrected chi connectivity index (χ0v) is 14.6. The highest BCUT2D eigenvalue weighted by Gasteiger charge is 2.14. The number of fused-ring (bicyclic) bond motifs is 1. The van der Waals surface area contributed by atoms with Gasteiger partial charge in [0.25, 0.3) is 5.91 Å². The minimum atomic E-state index is -0.273. The topological polar surface area (TPSA) is 79.8 Å². The molecule has 0 unspecified atom stereocenters. The van der Waals surface area contributed by atoms with Crippen molar-refractivity contribution in [2.45, 2.75) is 19.4 Å². The average molecular weight is 363 g/mol. The Hall–Kier alpha value is -3.19. The number of anilines is 1. The Morgan fingerprint density at radius 2 is 1.89 bits per heavy atom. The Kier molecular flexibility index (Phi) is 4.84. The van der Waals surface area contributed by atoms with Crippen molar-refractivity contribution >= 4 is 11.6 Å². The van der Waals surface area contributed by atoms with Crippen LogP contribution >= 0.6 is 0 Å². The van der Waals surface area contributed by atoms with Crippen molar-refractivity contribution in [3.63, 3.8) is 0 Å². The minimum Gasteiger partial charge on any atom is -0.319 e. The molecule has 2 aromatic heterocycles. The standard InChI is InChI=1S/C20H18FN5O/c21-16-3-1-13(2-4-16)7-19-24-10-17(11-25-19)26-20(27)15-8-14-5-6-22-12-18(14)23-9-15/h1-4,8-11,22H,5-7,12H2,(H,26,27). The number of benzene rings is 1. The molecule has 1 aliphatic rings. The Balaban J connectivity index is 1.42. The summed E-state index contributed by atoms with van der Waals surface area (Å²) < 4.78 is 13.0. The number of halogens is 1. The molecule has 27 heavy (non-hydrogen) atoms. The zero-order valence-electron chi connectivity index (χ0n) is 14.6. The predicted octanol–water partition coefficient (Wildman–Crippen LogP) is 2.50. The summed E-state index contributed by atoms with van der Waals surface area (Å²) in [6, 6.07) is 8.11. The van der Waals surface area contributed by atoms with Crippen molar-refractivity contribution in [2.24, 2.45) is 0 Å². The van der Waals surface area contributed by atoms with E-state index in [0.717, 1.165) is 36.3 Å². The van der Waals surface area contributed by atoms with Crippen LogP contribution in [0.3, 0.4) is 0 Å². The molecule has 0 bridgehead atoms. The van der Waals surface area contributed by atoms with Crippen LogP contribution < -0.4 is 10.6 Å². The van der Waals surface area contributed by atoms with Crippen molar-refractivity contribution in [3.05, 3.63) is 82.9 Å². The summed E-state index contributed by atoms with van der Waals surface area (Å²) in [6.07, 6.45) is 6.09. The van der Waals surface area contributed by atoms with E-state index in [4.69, 9.17) is 0 Å². The van der Waals surface area contributed by atoms with Gasteiger partial charge in [0.15, 0.2) is 0 Å². The van der Waals surface area contributed by atoms with Crippen LogP contribution in [0.25, 0.3) is 0 Å². The fraction of sp³-hybridized carbons (Fsp3) is 0.200. The molecule has 1 aliphatic heterocycles. The van der Waals surface area contributed by atoms with E-state index in [0.29, 0.717) is 23.5 Å². The number of aromatic nitrogens is 3. The lowest BCUT2D eigenvalue weighted by Gasteiger charge is -2.16. The molecule has 1 aromatic carbocycles. The first kappa shape index (κ1) is 17.2. The van der Waals surface area contributed by atoms with Gasteiger partial charge < -0.3 is 10.6 Å². The van der Waals surface area contributed by atoms with Gasteiger partial charge in [-0.15, -0.1) is 0 Å². The number of nitrogens with one attached hydrogen (secondary N) is 2. The molecule has 4 rings (SSSR count). The second-order valence-corrected chi connectivity index (χ2v) is 6.40. The van der Waals surface area contributed by atoms with Gasteiger partial charge in [0.05, 0.1) is 29.3 Å². The highest BCUT2D eigenvalue weighted by molar-refractivity contribution is 6.04. The quantitative estimate of drug-likeness (QED) is 0.745. The Morgan fingerprint density at radius 3 is 2.67 bits per heavy atom. The first-order valence-electron chi connectivity index (χ1n) is 8.72. The molecule has 7 heteroatoms. The number of nitrogens with zero attached hydrogens (tertiary/aromatic N) is 3. The van der Waals surface area contributed by atoms with E-state index in [1.54, 1.807) is 30.7 Å². The van der Waals surface area contributed by atoms with E-state index in [1.807, 2.05) is 6.07 Å². The van der Waals surface area contributed by atoms with Crippen molar-refractivity contribution in [3.8, 4) is 0 Å². The highest BCUT2D eigenvalue weighted by Crippen LogP contribution is 2.15. The number of pyridine rings is 1. The van der Waals surface area contributed by atoms with Crippen LogP contribution in [-0.4, -0.2) is 27.4 Å². The number of hydrogen-bond acceptors (Lipinski definition) is 5. The third-order valence-corrected chi connectivity index (χ3v) is 4.42. The molecule has 0 aliphatic carbocycles. The lowest BCUT2D eigenvalue weighted by Crippen LogP contribution is -2.25. The third-order valence-electron chi connectivity index (χ3n) is 4.42. The van der Waals surface area contributed by atoms with Gasteiger partial charge in [0, 0.05) is 19.2 Å². The fourth-order valence-electron chi connectivity index (χ4n) is 2.97. The molecule has 2 N–H and O–H groups in total. The Morgan fingerprint density at radius 1 is 1.11 bits per heavy atom. The maximum Gasteiger partial charge on any atom is 0.257 e. The highest BCUT2D eigenvalue weighted by atomic mass is 19.1. The fourth-order valence-corrected chi connectivity index (χ4v) is 2.97. The molecule has 0 saturated heterocycles. The molecule has 1 amide bonds. The van der Waals surface area contributed by atoms with Gasteiger partial charge in [-0.2, -0.15) is 0 Å². The molecule has 3 aromatic rings. The van der Waals surface area contributed by atoms with E-state index >= 15 is 0 Å². The van der Waals surface area contributed by atoms with Crippen LogP contribution in [-0.2, 0) is 19.4 Å². The first-order valence-corrected chi connectivity index (χ1v) is 8.72. The minimum absolute atomic E-state index is 0.237. The zero-order chi connectivity index (χ0) is 18.6. The van der Waals surface area contributed by atoms with Crippen LogP contribution in [0.1, 0.15) is 33.0 Å². The van der Waals surface area contributed by atoms with Crippen LogP contribution in [0, 0.1) is 5.82 Å². The van der Waals surface area contributed by atoms with Crippen molar-refractivity contribution in [1.82, 2.24) is 20.3 Å². The van der Waals surface area contributed by atoms with Gasteiger partial charge in [0.1, 0.15) is 11.6 Å². The molecule has 6 nitrogen and oxygen atoms in total. The van der Waals surface area contributed by atoms with Crippen LogP contribution in [0.5, 0.6) is 0 Å². The van der Waals surface area contributed by atoms with Crippen molar-refractivity contribution < 1.29 is 9.18 Å². The second kappa shape index (κ2) is 7.59. The van der Waals surface area contributed by atoms with Gasteiger partial charge in [-0.1, -0.05) is 12.1 Å². The molecular formula is C20H18FN5O. The molecule has 0 fully saturated rings. The van der Waals surface area contributed by atoms with Gasteiger partial charge in [-0.3, -0.25) is 9.78 Å². The molecule has 136 valence electrons. The summed E-state index contributed by atoms with van der Waals surface area (Å²) in [5, 5.41) is 6.05. The lowest BCUT2D eigenvalue weighted by atomic mass is 10.0. The van der Waals surface area contributed by atoms with E-state index < -0.39 is 0 Å². The second-order valence-electron chi connectivity index (χ2n) is 6.40. The van der Waals surface area contributed by atoms with Gasteiger partial charge >= 0.3 is 0 Å². The van der Waals surface area contributed by atoms with Crippen LogP contribution in [0.15, 0.2) is 48.9 Å². The molecule has 0 atom stereocenters. The summed E-state index contributed by atoms with van der Waals surface area (Å²) in [6.45, 7) is 1.63. The molecule has 3 heterocycles. The van der Waals surface area contributed by atoms with Gasteiger partial charge in [-0.05, 0) is 42.3 Å².